The lowest BCUT2D eigenvalue weighted by Crippen LogP contribution is -2.17. The summed E-state index contributed by atoms with van der Waals surface area (Å²) in [4.78, 5) is 15.0. The van der Waals surface area contributed by atoms with Crippen LogP contribution in [0.1, 0.15) is 10.4 Å². The number of halogens is 4. The van der Waals surface area contributed by atoms with Gasteiger partial charge in [-0.2, -0.15) is 4.39 Å². The fraction of sp³-hybridized carbons (Fsp3) is 0.0769. The zero-order valence-electron chi connectivity index (χ0n) is 10.6. The molecule has 0 aliphatic heterocycles. The predicted molar refractivity (Wildman–Crippen MR) is 78.2 cm³/mol. The lowest BCUT2D eigenvalue weighted by molar-refractivity contribution is 0.0980. The van der Waals surface area contributed by atoms with E-state index in [1.165, 1.54) is 6.07 Å². The monoisotopic (exact) mass is 376 g/mol. The molecule has 0 radical (unpaired) electrons. The average Bonchev–Trinajstić information content (AvgIpc) is 2.44. The maximum Gasteiger partial charge on any atom is 0.264 e. The van der Waals surface area contributed by atoms with E-state index in [-0.39, 0.29) is 15.6 Å². The maximum absolute atomic E-state index is 14.1. The number of amides is 1. The van der Waals surface area contributed by atoms with Gasteiger partial charge in [0.05, 0.1) is 10.0 Å². The molecular formula is C13H8BrF3N2OS. The minimum Gasteiger partial charge on any atom is -0.296 e. The molecule has 2 rings (SSSR count). The van der Waals surface area contributed by atoms with Gasteiger partial charge in [0, 0.05) is 23.6 Å². The largest absolute Gasteiger partial charge is 0.296 e. The zero-order valence-corrected chi connectivity index (χ0v) is 13.0. The number of hydrogen-bond donors (Lipinski definition) is 1. The van der Waals surface area contributed by atoms with E-state index < -0.39 is 29.1 Å². The molecule has 0 atom stereocenters. The highest BCUT2D eigenvalue weighted by molar-refractivity contribution is 9.10. The van der Waals surface area contributed by atoms with E-state index in [2.05, 4.69) is 25.6 Å². The molecule has 0 saturated heterocycles. The SMILES string of the molecule is CSNC(=O)c1cc(F)c(-c2cnc(F)c(Br)c2)cc1F. The van der Waals surface area contributed by atoms with Gasteiger partial charge < -0.3 is 0 Å². The summed E-state index contributed by atoms with van der Waals surface area (Å²) in [5.41, 5.74) is -0.322. The number of carbonyl (C=O) groups excluding carboxylic acids is 1. The van der Waals surface area contributed by atoms with Gasteiger partial charge in [0.15, 0.2) is 0 Å². The minimum atomic E-state index is -0.876. The van der Waals surface area contributed by atoms with Gasteiger partial charge in [0.2, 0.25) is 5.95 Å². The smallest absolute Gasteiger partial charge is 0.264 e. The first-order valence-corrected chi connectivity index (χ1v) is 7.59. The first-order chi connectivity index (χ1) is 9.93. The van der Waals surface area contributed by atoms with Crippen molar-refractivity contribution in [2.45, 2.75) is 0 Å². The first kappa shape index (κ1) is 15.8. The van der Waals surface area contributed by atoms with Crippen LogP contribution in [0.5, 0.6) is 0 Å². The normalized spacial score (nSPS) is 10.5. The molecule has 1 heterocycles. The lowest BCUT2D eigenvalue weighted by atomic mass is 10.0. The van der Waals surface area contributed by atoms with Crippen molar-refractivity contribution in [3.05, 3.63) is 52.0 Å². The fourth-order valence-electron chi connectivity index (χ4n) is 1.66. The topological polar surface area (TPSA) is 42.0 Å². The van der Waals surface area contributed by atoms with Gasteiger partial charge in [-0.15, -0.1) is 0 Å². The molecule has 0 aliphatic carbocycles. The van der Waals surface area contributed by atoms with Crippen LogP contribution in [0.2, 0.25) is 0 Å². The van der Waals surface area contributed by atoms with Crippen molar-refractivity contribution in [3.8, 4) is 11.1 Å². The Morgan fingerprint density at radius 2 is 1.95 bits per heavy atom. The minimum absolute atomic E-state index is 0.0315. The lowest BCUT2D eigenvalue weighted by Gasteiger charge is -2.08. The number of rotatable bonds is 3. The second-order valence-electron chi connectivity index (χ2n) is 3.94. The van der Waals surface area contributed by atoms with Gasteiger partial charge in [-0.05, 0) is 34.1 Å². The molecule has 110 valence electrons. The zero-order chi connectivity index (χ0) is 15.6. The molecule has 0 bridgehead atoms. The van der Waals surface area contributed by atoms with Crippen LogP contribution in [0.4, 0.5) is 13.2 Å². The third kappa shape index (κ3) is 3.38. The van der Waals surface area contributed by atoms with Gasteiger partial charge >= 0.3 is 0 Å². The Morgan fingerprint density at radius 3 is 2.57 bits per heavy atom. The summed E-state index contributed by atoms with van der Waals surface area (Å²) >= 11 is 3.90. The van der Waals surface area contributed by atoms with Crippen LogP contribution < -0.4 is 4.72 Å². The van der Waals surface area contributed by atoms with Crippen molar-refractivity contribution < 1.29 is 18.0 Å². The van der Waals surface area contributed by atoms with E-state index in [9.17, 15) is 18.0 Å². The Kier molecular flexibility index (Phi) is 4.89. The van der Waals surface area contributed by atoms with Crippen LogP contribution in [-0.4, -0.2) is 17.1 Å². The summed E-state index contributed by atoms with van der Waals surface area (Å²) in [5, 5.41) is 0. The van der Waals surface area contributed by atoms with E-state index in [1.54, 1.807) is 6.26 Å². The summed E-state index contributed by atoms with van der Waals surface area (Å²) in [7, 11) is 0. The van der Waals surface area contributed by atoms with Crippen LogP contribution >= 0.6 is 27.9 Å². The van der Waals surface area contributed by atoms with Crippen LogP contribution in [0.25, 0.3) is 11.1 Å². The van der Waals surface area contributed by atoms with Gasteiger partial charge in [-0.25, -0.2) is 13.8 Å². The van der Waals surface area contributed by atoms with E-state index in [4.69, 9.17) is 0 Å². The molecule has 0 spiro atoms. The van der Waals surface area contributed by atoms with Crippen molar-refractivity contribution >= 4 is 33.8 Å². The maximum atomic E-state index is 14.1. The summed E-state index contributed by atoms with van der Waals surface area (Å²) in [6.45, 7) is 0. The molecule has 3 nitrogen and oxygen atoms in total. The molecule has 0 saturated carbocycles. The third-order valence-corrected chi connectivity index (χ3v) is 3.55. The molecule has 0 fully saturated rings. The number of nitrogens with zero attached hydrogens (tertiary/aromatic N) is 1. The number of hydrogen-bond acceptors (Lipinski definition) is 3. The van der Waals surface area contributed by atoms with Gasteiger partial charge in [-0.3, -0.25) is 9.52 Å². The summed E-state index contributed by atoms with van der Waals surface area (Å²) in [5.74, 6) is -3.17. The highest BCUT2D eigenvalue weighted by atomic mass is 79.9. The van der Waals surface area contributed by atoms with Gasteiger partial charge in [-0.1, -0.05) is 11.9 Å². The molecular weight excluding hydrogens is 369 g/mol. The van der Waals surface area contributed by atoms with Gasteiger partial charge in [0.1, 0.15) is 11.6 Å². The van der Waals surface area contributed by atoms with E-state index in [0.717, 1.165) is 30.3 Å². The van der Waals surface area contributed by atoms with E-state index in [0.29, 0.717) is 0 Å². The quantitative estimate of drug-likeness (QED) is 0.651. The average molecular weight is 377 g/mol. The Morgan fingerprint density at radius 1 is 1.24 bits per heavy atom. The third-order valence-electron chi connectivity index (χ3n) is 2.60. The van der Waals surface area contributed by atoms with E-state index in [1.807, 2.05) is 0 Å². The number of benzene rings is 1. The number of aromatic nitrogens is 1. The summed E-state index contributed by atoms with van der Waals surface area (Å²) in [6.07, 6.45) is 2.67. The molecule has 2 aromatic rings. The van der Waals surface area contributed by atoms with Crippen molar-refractivity contribution in [2.75, 3.05) is 6.26 Å². The van der Waals surface area contributed by atoms with Crippen molar-refractivity contribution in [2.24, 2.45) is 0 Å². The highest BCUT2D eigenvalue weighted by Crippen LogP contribution is 2.28. The van der Waals surface area contributed by atoms with Gasteiger partial charge in [0.25, 0.3) is 5.91 Å². The van der Waals surface area contributed by atoms with Crippen LogP contribution in [0, 0.1) is 17.6 Å². The molecule has 0 aliphatic rings. The van der Waals surface area contributed by atoms with E-state index >= 15 is 0 Å². The van der Waals surface area contributed by atoms with Crippen molar-refractivity contribution in [1.82, 2.24) is 9.71 Å². The van der Waals surface area contributed by atoms with Crippen LogP contribution in [-0.2, 0) is 0 Å². The Labute approximate surface area is 131 Å². The number of carbonyl (C=O) groups is 1. The van der Waals surface area contributed by atoms with Crippen molar-refractivity contribution in [1.29, 1.82) is 0 Å². The highest BCUT2D eigenvalue weighted by Gasteiger charge is 2.17. The molecule has 8 heteroatoms. The predicted octanol–water partition coefficient (Wildman–Crippen LogP) is 3.94. The van der Waals surface area contributed by atoms with Crippen LogP contribution in [0.3, 0.4) is 0 Å². The number of nitrogens with one attached hydrogen (secondary N) is 1. The molecule has 1 aromatic carbocycles. The molecule has 0 unspecified atom stereocenters. The summed E-state index contributed by atoms with van der Waals surface area (Å²) in [6, 6.07) is 2.96. The molecule has 1 N–H and O–H groups in total. The number of pyridine rings is 1. The molecule has 21 heavy (non-hydrogen) atoms. The second-order valence-corrected chi connectivity index (χ2v) is 5.41. The molecule has 1 amide bonds. The Balaban J connectivity index is 2.49. The molecule has 1 aromatic heterocycles. The fourth-order valence-corrected chi connectivity index (χ4v) is 2.30. The Bertz CT molecular complexity index is 712. The Hall–Kier alpha value is -1.54. The second kappa shape index (κ2) is 6.48. The summed E-state index contributed by atoms with van der Waals surface area (Å²) < 4.78 is 43.4. The van der Waals surface area contributed by atoms with Crippen LogP contribution in [0.15, 0.2) is 28.9 Å². The van der Waals surface area contributed by atoms with Crippen molar-refractivity contribution in [3.63, 3.8) is 0 Å². The first-order valence-electron chi connectivity index (χ1n) is 5.57. The standard InChI is InChI=1S/C13H8BrF3N2OS/c1-21-19-13(20)8-4-10(15)7(3-11(8)16)6-2-9(14)12(17)18-5-6/h2-5H,1H3,(H,19,20).